The third-order valence-electron chi connectivity index (χ3n) is 0.585. The number of carbonyl (C=O) groups is 2. The van der Waals surface area contributed by atoms with Crippen molar-refractivity contribution in [2.75, 3.05) is 13.6 Å². The number of nitrogens with zero attached hydrogens (tertiary/aromatic N) is 1. The highest BCUT2D eigenvalue weighted by atomic mass is 16.1. The van der Waals surface area contributed by atoms with Crippen molar-refractivity contribution in [1.82, 2.24) is 4.90 Å². The second-order valence-electron chi connectivity index (χ2n) is 1.49. The van der Waals surface area contributed by atoms with Crippen LogP contribution < -0.4 is 0 Å². The first-order valence-corrected chi connectivity index (χ1v) is 2.10. The lowest BCUT2D eigenvalue weighted by Crippen LogP contribution is -2.22. The molecule has 0 aliphatic rings. The molecule has 0 unspecified atom stereocenters. The van der Waals surface area contributed by atoms with Gasteiger partial charge in [-0.15, -0.1) is 0 Å². The third-order valence-corrected chi connectivity index (χ3v) is 0.585. The summed E-state index contributed by atoms with van der Waals surface area (Å²) < 4.78 is 0. The predicted molar refractivity (Wildman–Crippen MR) is 28.0 cm³/mol. The molecular formula is C5H7NO2. The van der Waals surface area contributed by atoms with E-state index in [0.29, 0.717) is 6.41 Å². The van der Waals surface area contributed by atoms with Gasteiger partial charge >= 0.3 is 0 Å². The fourth-order valence-electron chi connectivity index (χ4n) is 0.283. The van der Waals surface area contributed by atoms with Crippen molar-refractivity contribution in [3.8, 4) is 0 Å². The van der Waals surface area contributed by atoms with Crippen LogP contribution in [0.3, 0.4) is 0 Å². The van der Waals surface area contributed by atoms with Crippen LogP contribution in [0.25, 0.3) is 0 Å². The molecule has 0 saturated carbocycles. The van der Waals surface area contributed by atoms with Crippen LogP contribution in [0.5, 0.6) is 0 Å². The van der Waals surface area contributed by atoms with Crippen LogP contribution in [-0.2, 0) is 9.59 Å². The smallest absolute Gasteiger partial charge is 0.209 e. The number of likely N-dealkylation sites (N-methyl/N-ethyl adjacent to an activating group) is 1. The minimum Gasteiger partial charge on any atom is -0.341 e. The molecule has 0 atom stereocenters. The quantitative estimate of drug-likeness (QED) is 0.456. The van der Waals surface area contributed by atoms with Crippen LogP contribution in [0, 0.1) is 6.92 Å². The van der Waals surface area contributed by atoms with Crippen LogP contribution >= 0.6 is 0 Å². The molecule has 2 radical (unpaired) electrons. The summed E-state index contributed by atoms with van der Waals surface area (Å²) in [7, 11) is 1.48. The molecule has 0 saturated heterocycles. The highest BCUT2D eigenvalue weighted by Crippen LogP contribution is 1.73. The molecule has 44 valence electrons. The fourth-order valence-corrected chi connectivity index (χ4v) is 0.283. The zero-order valence-corrected chi connectivity index (χ0v) is 4.63. The Labute approximate surface area is 48.3 Å². The van der Waals surface area contributed by atoms with Crippen LogP contribution in [0.1, 0.15) is 0 Å². The summed E-state index contributed by atoms with van der Waals surface area (Å²) in [5.41, 5.74) is 0. The minimum absolute atomic E-state index is 0.0104. The van der Waals surface area contributed by atoms with Gasteiger partial charge in [-0.3, -0.25) is 9.59 Å². The van der Waals surface area contributed by atoms with E-state index in [4.69, 9.17) is 6.92 Å². The van der Waals surface area contributed by atoms with E-state index >= 15 is 0 Å². The molecule has 8 heavy (non-hydrogen) atoms. The summed E-state index contributed by atoms with van der Waals surface area (Å²) in [5, 5.41) is 0. The monoisotopic (exact) mass is 113 g/mol. The summed E-state index contributed by atoms with van der Waals surface area (Å²) in [6.07, 6.45) is 0.546. The van der Waals surface area contributed by atoms with Crippen LogP contribution in [0.15, 0.2) is 0 Å². The predicted octanol–water partition coefficient (Wildman–Crippen LogP) is -0.645. The van der Waals surface area contributed by atoms with E-state index in [-0.39, 0.29) is 6.54 Å². The van der Waals surface area contributed by atoms with Gasteiger partial charge in [0.2, 0.25) is 6.41 Å². The van der Waals surface area contributed by atoms with Gasteiger partial charge in [0, 0.05) is 14.0 Å². The maximum Gasteiger partial charge on any atom is 0.209 e. The topological polar surface area (TPSA) is 37.4 Å². The molecule has 0 spiro atoms. The van der Waals surface area contributed by atoms with Crippen molar-refractivity contribution in [2.24, 2.45) is 0 Å². The summed E-state index contributed by atoms with van der Waals surface area (Å²) >= 11 is 0. The molecule has 0 heterocycles. The Kier molecular flexibility index (Phi) is 2.84. The van der Waals surface area contributed by atoms with E-state index in [2.05, 4.69) is 0 Å². The van der Waals surface area contributed by atoms with Crippen molar-refractivity contribution in [3.63, 3.8) is 0 Å². The zero-order chi connectivity index (χ0) is 6.57. The van der Waals surface area contributed by atoms with Gasteiger partial charge in [-0.2, -0.15) is 0 Å². The fraction of sp³-hybridized carbons (Fsp3) is 0.400. The molecule has 3 heteroatoms. The number of Topliss-reactive ketones (excluding diaryl/α,β-unsaturated/α-hetero) is 1. The first kappa shape index (κ1) is 7.14. The first-order valence-electron chi connectivity index (χ1n) is 2.10. The highest BCUT2D eigenvalue weighted by Gasteiger charge is 1.95. The average molecular weight is 113 g/mol. The Balaban J connectivity index is 3.38. The van der Waals surface area contributed by atoms with Crippen molar-refractivity contribution in [1.29, 1.82) is 0 Å². The largest absolute Gasteiger partial charge is 0.341 e. The number of amides is 1. The average Bonchev–Trinajstić information content (AvgIpc) is 1.65. The molecule has 3 nitrogen and oxygen atoms in total. The second-order valence-corrected chi connectivity index (χ2v) is 1.49. The van der Waals surface area contributed by atoms with E-state index in [1.54, 1.807) is 0 Å². The third kappa shape index (κ3) is 3.33. The van der Waals surface area contributed by atoms with Crippen molar-refractivity contribution in [3.05, 3.63) is 6.92 Å². The molecule has 0 aromatic rings. The summed E-state index contributed by atoms with van der Waals surface area (Å²) in [6, 6.07) is 0. The Bertz CT molecular complexity index is 101. The number of rotatable bonds is 3. The number of hydrogen-bond acceptors (Lipinski definition) is 2. The lowest BCUT2D eigenvalue weighted by atomic mass is 10.4. The number of carbonyl (C=O) groups excluding carboxylic acids is 2. The molecule has 0 aromatic heterocycles. The van der Waals surface area contributed by atoms with E-state index in [0.717, 1.165) is 0 Å². The van der Waals surface area contributed by atoms with Gasteiger partial charge in [0.1, 0.15) is 0 Å². The van der Waals surface area contributed by atoms with Gasteiger partial charge in [0.05, 0.1) is 6.54 Å². The second kappa shape index (κ2) is 3.18. The highest BCUT2D eigenvalue weighted by molar-refractivity contribution is 5.85. The van der Waals surface area contributed by atoms with Crippen LogP contribution in [0.4, 0.5) is 0 Å². The van der Waals surface area contributed by atoms with E-state index in [1.165, 1.54) is 11.9 Å². The lowest BCUT2D eigenvalue weighted by molar-refractivity contribution is -0.123. The van der Waals surface area contributed by atoms with Crippen molar-refractivity contribution in [2.45, 2.75) is 0 Å². The summed E-state index contributed by atoms with van der Waals surface area (Å²) in [4.78, 5) is 20.9. The zero-order valence-electron chi connectivity index (χ0n) is 4.63. The number of hydrogen-bond donors (Lipinski definition) is 0. The van der Waals surface area contributed by atoms with Gasteiger partial charge in [0.15, 0.2) is 5.78 Å². The van der Waals surface area contributed by atoms with Gasteiger partial charge in [-0.25, -0.2) is 0 Å². The van der Waals surface area contributed by atoms with Crippen LogP contribution in [-0.4, -0.2) is 30.7 Å². The molecule has 1 amide bonds. The van der Waals surface area contributed by atoms with E-state index < -0.39 is 5.78 Å². The maximum atomic E-state index is 9.99. The Morgan fingerprint density at radius 3 is 2.50 bits per heavy atom. The van der Waals surface area contributed by atoms with Crippen molar-refractivity contribution < 1.29 is 9.59 Å². The Morgan fingerprint density at radius 1 is 1.88 bits per heavy atom. The van der Waals surface area contributed by atoms with Gasteiger partial charge < -0.3 is 4.90 Å². The Hall–Kier alpha value is -0.860. The molecule has 0 aliphatic carbocycles. The Morgan fingerprint density at radius 2 is 2.38 bits per heavy atom. The molecule has 0 rings (SSSR count). The molecule has 0 bridgehead atoms. The van der Waals surface area contributed by atoms with Crippen molar-refractivity contribution >= 4 is 12.2 Å². The number of ketones is 1. The molecule has 0 aromatic carbocycles. The normalized spacial score (nSPS) is 8.25. The molecule has 0 N–H and O–H groups in total. The lowest BCUT2D eigenvalue weighted by Gasteiger charge is -2.04. The standard InChI is InChI=1S/C5H7NO2/c1-5(8)3-6(2)4-7/h1,4H,3H2,2H3. The summed E-state index contributed by atoms with van der Waals surface area (Å²) in [5.74, 6) is -0.500. The van der Waals surface area contributed by atoms with Crippen LogP contribution in [0.2, 0.25) is 0 Å². The van der Waals surface area contributed by atoms with E-state index in [1.807, 2.05) is 0 Å². The van der Waals surface area contributed by atoms with Gasteiger partial charge in [0.25, 0.3) is 0 Å². The molecular weight excluding hydrogens is 106 g/mol. The molecule has 0 fully saturated rings. The maximum absolute atomic E-state index is 9.99. The molecule has 0 aliphatic heterocycles. The minimum atomic E-state index is -0.500. The first-order chi connectivity index (χ1) is 3.66. The van der Waals surface area contributed by atoms with Gasteiger partial charge in [-0.05, 0) is 0 Å². The summed E-state index contributed by atoms with van der Waals surface area (Å²) in [6.45, 7) is 4.72. The van der Waals surface area contributed by atoms with Gasteiger partial charge in [-0.1, -0.05) is 0 Å². The SMILES string of the molecule is [CH]C(=O)CN(C)C=O. The van der Waals surface area contributed by atoms with E-state index in [9.17, 15) is 9.59 Å².